The number of nitrogens with one attached hydrogen (secondary N) is 4. The summed E-state index contributed by atoms with van der Waals surface area (Å²) in [6, 6.07) is 25.0. The van der Waals surface area contributed by atoms with Crippen molar-refractivity contribution in [2.45, 2.75) is 48.4 Å². The highest BCUT2D eigenvalue weighted by Crippen LogP contribution is 2.41. The van der Waals surface area contributed by atoms with Crippen LogP contribution in [0.25, 0.3) is 0 Å². The van der Waals surface area contributed by atoms with Gasteiger partial charge in [0.1, 0.15) is 10.5 Å². The molecule has 24 nitrogen and oxygen atoms in total. The van der Waals surface area contributed by atoms with E-state index in [1.807, 2.05) is 60.7 Å². The van der Waals surface area contributed by atoms with Crippen LogP contribution in [0.2, 0.25) is 0 Å². The number of halogens is 3. The smallest absolute Gasteiger partial charge is 0.416 e. The van der Waals surface area contributed by atoms with Crippen LogP contribution in [-0.4, -0.2) is 115 Å². The molecule has 0 unspecified atom stereocenters. The number of benzene rings is 4. The molecule has 0 atom stereocenters. The molecule has 2 amide bonds. The second kappa shape index (κ2) is 25.3. The Balaban J connectivity index is 0.000000223. The van der Waals surface area contributed by atoms with Crippen molar-refractivity contribution in [2.24, 2.45) is 12.2 Å². The minimum Gasteiger partial charge on any atom is -0.481 e. The van der Waals surface area contributed by atoms with Gasteiger partial charge < -0.3 is 23.8 Å². The minimum atomic E-state index is -4.76. The van der Waals surface area contributed by atoms with Gasteiger partial charge in [0.2, 0.25) is 33.5 Å². The molecule has 30 heteroatoms. The lowest BCUT2D eigenvalue weighted by Gasteiger charge is -2.27. The summed E-state index contributed by atoms with van der Waals surface area (Å²) in [5, 5.41) is 8.70. The van der Waals surface area contributed by atoms with Gasteiger partial charge in [-0.15, -0.1) is 0 Å². The van der Waals surface area contributed by atoms with Crippen LogP contribution in [0, 0.1) is 6.92 Å². The Labute approximate surface area is 450 Å². The number of sulfone groups is 1. The molecule has 0 saturated heterocycles. The van der Waals surface area contributed by atoms with Gasteiger partial charge in [0.15, 0.2) is 21.1 Å². The van der Waals surface area contributed by atoms with E-state index in [4.69, 9.17) is 19.0 Å². The average molecular weight is 1160 g/mol. The Hall–Kier alpha value is -8.48. The molecule has 0 fully saturated rings. The van der Waals surface area contributed by atoms with Gasteiger partial charge in [-0.05, 0) is 49.7 Å². The monoisotopic (exact) mass is 1160 g/mol. The van der Waals surface area contributed by atoms with Crippen LogP contribution in [0.4, 0.5) is 23.9 Å². The molecule has 0 saturated carbocycles. The number of aryl methyl sites for hydroxylation is 2. The first kappa shape index (κ1) is 61.4. The van der Waals surface area contributed by atoms with Gasteiger partial charge in [0.25, 0.3) is 15.6 Å². The summed E-state index contributed by atoms with van der Waals surface area (Å²) < 4.78 is 135. The zero-order chi connectivity index (χ0) is 58.7. The van der Waals surface area contributed by atoms with E-state index in [0.717, 1.165) is 47.4 Å². The van der Waals surface area contributed by atoms with Gasteiger partial charge in [0, 0.05) is 42.2 Å². The van der Waals surface area contributed by atoms with Crippen LogP contribution in [0.15, 0.2) is 123 Å². The number of H-pyrrole nitrogens is 1. The minimum absolute atomic E-state index is 0.0408. The Morgan fingerprint density at radius 3 is 1.84 bits per heavy atom. The number of esters is 2. The van der Waals surface area contributed by atoms with Crippen molar-refractivity contribution in [3.05, 3.63) is 158 Å². The van der Waals surface area contributed by atoms with E-state index >= 15 is 0 Å². The molecule has 4 N–H and O–H groups in total. The zero-order valence-corrected chi connectivity index (χ0v) is 45.6. The van der Waals surface area contributed by atoms with Gasteiger partial charge >= 0.3 is 24.1 Å². The number of oxime groups is 1. The summed E-state index contributed by atoms with van der Waals surface area (Å²) in [5.41, 5.74) is -1.21. The Morgan fingerprint density at radius 2 is 1.35 bits per heavy atom. The van der Waals surface area contributed by atoms with Crippen LogP contribution in [0.1, 0.15) is 67.6 Å². The maximum Gasteiger partial charge on any atom is 0.416 e. The fraction of sp³-hybridized carbons (Fsp3) is 0.265. The molecule has 2 aromatic heterocycles. The van der Waals surface area contributed by atoms with Crippen LogP contribution in [0.3, 0.4) is 0 Å². The molecule has 1 aliphatic rings. The molecule has 0 aliphatic carbocycles. The molecule has 0 bridgehead atoms. The van der Waals surface area contributed by atoms with Crippen LogP contribution in [0.5, 0.6) is 11.8 Å². The Bertz CT molecular complexity index is 3630. The van der Waals surface area contributed by atoms with E-state index in [1.165, 1.54) is 40.3 Å². The molecule has 4 aromatic carbocycles. The molecule has 3 heterocycles. The number of sulfonamides is 2. The third-order valence-corrected chi connectivity index (χ3v) is 14.1. The number of anilines is 1. The number of ether oxygens (including phenoxy) is 4. The third-order valence-electron chi connectivity index (χ3n) is 11.0. The molecule has 7 rings (SSSR count). The quantitative estimate of drug-likeness (QED) is 0.0748. The average Bonchev–Trinajstić information content (AvgIpc) is 4.11. The molecule has 422 valence electrons. The molecule has 0 radical (unpaired) electrons. The summed E-state index contributed by atoms with van der Waals surface area (Å²) in [5.74, 6) is -2.60. The standard InChI is InChI=1S/C18H17NO3.C17H21N5O9S2.C14H13F3N2O4S/c1-2-21-17(20)16-13-18(22-19-16,14-9-5-3-6-10-14)15-11-7-4-8-12-15;1-29-13-8-14(30-2)20-16(19-13)21-17(24)22-33(27,28)12-7-10(9-18-32(4,25)26)5-6-11(12)15(23)31-3;1-7-11(13(21)19(2)18-7)12(20)9-5-4-8(14(15,16)17)6-10(9)24(3,22)23/h3-12H,2,13H2,1H3;5-8,18H,9H2,1-4H3,(H2,19,20,21,22,24);4-6,18H,1-3H3. The number of amides is 2. The second-order valence-electron chi connectivity index (χ2n) is 16.6. The Morgan fingerprint density at radius 1 is 0.785 bits per heavy atom. The van der Waals surface area contributed by atoms with Crippen LogP contribution >= 0.6 is 0 Å². The lowest BCUT2D eigenvalue weighted by atomic mass is 9.82. The molecule has 1 aliphatic heterocycles. The van der Waals surface area contributed by atoms with Gasteiger partial charge in [-0.25, -0.2) is 49.1 Å². The maximum atomic E-state index is 12.9. The number of ketones is 1. The topological polar surface area (TPSA) is 329 Å². The summed E-state index contributed by atoms with van der Waals surface area (Å²) in [6.45, 7) is 3.27. The van der Waals surface area contributed by atoms with Crippen molar-refractivity contribution >= 4 is 65.3 Å². The number of aromatic nitrogens is 4. The number of carbonyl (C=O) groups is 4. The zero-order valence-electron chi connectivity index (χ0n) is 43.1. The van der Waals surface area contributed by atoms with Gasteiger partial charge in [-0.2, -0.15) is 23.1 Å². The van der Waals surface area contributed by atoms with E-state index < -0.39 is 91.9 Å². The molecule has 0 spiro atoms. The summed E-state index contributed by atoms with van der Waals surface area (Å²) in [4.78, 5) is 72.9. The molecule has 6 aromatic rings. The molecular formula is C49H51F3N8O16S3. The first-order valence-corrected chi connectivity index (χ1v) is 28.0. The van der Waals surface area contributed by atoms with E-state index in [-0.39, 0.29) is 46.6 Å². The van der Waals surface area contributed by atoms with Crippen LogP contribution < -0.4 is 29.8 Å². The van der Waals surface area contributed by atoms with Gasteiger partial charge in [-0.3, -0.25) is 24.7 Å². The Kier molecular flexibility index (Phi) is 19.7. The number of nitrogens with zero attached hydrogens (tertiary/aromatic N) is 4. The van der Waals surface area contributed by atoms with Crippen molar-refractivity contribution in [1.82, 2.24) is 29.2 Å². The van der Waals surface area contributed by atoms with Crippen LogP contribution in [-0.2, 0) is 74.4 Å². The first-order valence-electron chi connectivity index (χ1n) is 22.7. The van der Waals surface area contributed by atoms with Crippen molar-refractivity contribution in [3.8, 4) is 11.8 Å². The predicted octanol–water partition coefficient (Wildman–Crippen LogP) is 4.78. The fourth-order valence-electron chi connectivity index (χ4n) is 7.29. The normalized spacial score (nSPS) is 12.9. The third kappa shape index (κ3) is 15.6. The van der Waals surface area contributed by atoms with Crippen molar-refractivity contribution < 1.29 is 81.4 Å². The highest BCUT2D eigenvalue weighted by atomic mass is 32.2. The van der Waals surface area contributed by atoms with Crippen molar-refractivity contribution in [1.29, 1.82) is 0 Å². The van der Waals surface area contributed by atoms with Crippen molar-refractivity contribution in [2.75, 3.05) is 45.8 Å². The summed E-state index contributed by atoms with van der Waals surface area (Å²) in [6.07, 6.45) is -2.78. The lowest BCUT2D eigenvalue weighted by molar-refractivity contribution is -0.138. The number of hydrogen-bond donors (Lipinski definition) is 4. The summed E-state index contributed by atoms with van der Waals surface area (Å²) >= 11 is 0. The van der Waals surface area contributed by atoms with E-state index in [0.29, 0.717) is 37.1 Å². The number of methoxy groups -OCH3 is 3. The number of aromatic amines is 1. The largest absolute Gasteiger partial charge is 0.481 e. The highest BCUT2D eigenvalue weighted by molar-refractivity contribution is 7.91. The fourth-order valence-corrected chi connectivity index (χ4v) is 9.78. The second-order valence-corrected chi connectivity index (χ2v) is 22.1. The lowest BCUT2D eigenvalue weighted by Crippen LogP contribution is -2.35. The number of carbonyl (C=O) groups excluding carboxylic acids is 4. The first-order chi connectivity index (χ1) is 37.0. The number of hydrogen-bond acceptors (Lipinski definition) is 19. The van der Waals surface area contributed by atoms with E-state index in [2.05, 4.69) is 35.0 Å². The summed E-state index contributed by atoms with van der Waals surface area (Å²) in [7, 11) is -7.30. The number of urea groups is 1. The van der Waals surface area contributed by atoms with E-state index in [1.54, 1.807) is 11.6 Å². The molecule has 79 heavy (non-hydrogen) atoms. The highest BCUT2D eigenvalue weighted by Gasteiger charge is 2.45. The van der Waals surface area contributed by atoms with Gasteiger partial charge in [0.05, 0.1) is 62.7 Å². The maximum absolute atomic E-state index is 12.9. The SMILES string of the molecule is CCOC(=O)C1=NOC(c2ccccc2)(c2ccccc2)C1.COC(=O)c1ccc(CNS(C)(=O)=O)cc1S(=O)(=O)NC(=O)Nc1nc(OC)cc(OC)n1.Cc1[nH]n(C)c(=O)c1C(=O)c1ccc(C(F)(F)F)cc1S(C)(=O)=O. The molecular weight excluding hydrogens is 1110 g/mol. The predicted molar refractivity (Wildman–Crippen MR) is 276 cm³/mol. The van der Waals surface area contributed by atoms with Gasteiger partial charge in [-0.1, -0.05) is 71.9 Å². The number of rotatable bonds is 16. The van der Waals surface area contributed by atoms with E-state index in [9.17, 15) is 62.4 Å². The van der Waals surface area contributed by atoms with Crippen molar-refractivity contribution in [3.63, 3.8) is 0 Å². The number of alkyl halides is 3.